The van der Waals surface area contributed by atoms with Crippen LogP contribution >= 0.6 is 0 Å². The van der Waals surface area contributed by atoms with Gasteiger partial charge in [-0.1, -0.05) is 18.6 Å². The van der Waals surface area contributed by atoms with Gasteiger partial charge in [0.1, 0.15) is 0 Å². The van der Waals surface area contributed by atoms with Crippen molar-refractivity contribution in [3.8, 4) is 0 Å². The number of carbonyl (C=O) groups is 1. The molecule has 0 saturated heterocycles. The van der Waals surface area contributed by atoms with Crippen molar-refractivity contribution in [3.05, 3.63) is 48.3 Å². The summed E-state index contributed by atoms with van der Waals surface area (Å²) < 4.78 is 1.87. The molecule has 2 rings (SSSR count). The molecule has 1 heterocycles. The molecule has 1 amide bonds. The zero-order chi connectivity index (χ0) is 14.9. The minimum absolute atomic E-state index is 0.0619. The molecule has 0 unspecified atom stereocenters. The fraction of sp³-hybridized carbons (Fsp3) is 0.375. The van der Waals surface area contributed by atoms with Crippen molar-refractivity contribution < 1.29 is 4.79 Å². The number of nitrogens with zero attached hydrogens (tertiary/aromatic N) is 2. The second-order valence-corrected chi connectivity index (χ2v) is 5.05. The Morgan fingerprint density at radius 2 is 2.00 bits per heavy atom. The maximum atomic E-state index is 11.8. The minimum Gasteiger partial charge on any atom is -0.330 e. The van der Waals surface area contributed by atoms with Crippen LogP contribution < -0.4 is 11.1 Å². The van der Waals surface area contributed by atoms with E-state index in [0.717, 1.165) is 37.1 Å². The van der Waals surface area contributed by atoms with Gasteiger partial charge in [-0.05, 0) is 43.1 Å². The van der Waals surface area contributed by atoms with Crippen LogP contribution in [0, 0.1) is 0 Å². The quantitative estimate of drug-likeness (QED) is 0.732. The molecule has 0 aliphatic carbocycles. The van der Waals surface area contributed by atoms with Crippen LogP contribution in [0.25, 0.3) is 0 Å². The number of nitrogens with two attached hydrogens (primary N) is 1. The van der Waals surface area contributed by atoms with Crippen molar-refractivity contribution in [1.29, 1.82) is 0 Å². The SMILES string of the molecule is NCCCCCC(=O)Nc1ccc(Cn2cccn2)cc1. The minimum atomic E-state index is 0.0619. The molecule has 0 saturated carbocycles. The Labute approximate surface area is 125 Å². The number of hydrogen-bond acceptors (Lipinski definition) is 3. The predicted octanol–water partition coefficient (Wildman–Crippen LogP) is 2.39. The third-order valence-corrected chi connectivity index (χ3v) is 3.25. The van der Waals surface area contributed by atoms with E-state index in [4.69, 9.17) is 5.73 Å². The van der Waals surface area contributed by atoms with E-state index in [-0.39, 0.29) is 5.91 Å². The van der Waals surface area contributed by atoms with Crippen LogP contribution in [0.1, 0.15) is 31.2 Å². The van der Waals surface area contributed by atoms with Crippen LogP contribution in [-0.2, 0) is 11.3 Å². The van der Waals surface area contributed by atoms with Crippen LogP contribution in [0.5, 0.6) is 0 Å². The molecular formula is C16H22N4O. The molecular weight excluding hydrogens is 264 g/mol. The van der Waals surface area contributed by atoms with Crippen LogP contribution in [0.4, 0.5) is 5.69 Å². The molecule has 0 aliphatic rings. The lowest BCUT2D eigenvalue weighted by atomic mass is 10.1. The molecule has 2 aromatic rings. The smallest absolute Gasteiger partial charge is 0.224 e. The Morgan fingerprint density at radius 3 is 2.67 bits per heavy atom. The van der Waals surface area contributed by atoms with Gasteiger partial charge in [0.25, 0.3) is 0 Å². The molecule has 5 nitrogen and oxygen atoms in total. The van der Waals surface area contributed by atoms with Crippen LogP contribution in [0.2, 0.25) is 0 Å². The number of unbranched alkanes of at least 4 members (excludes halogenated alkanes) is 2. The van der Waals surface area contributed by atoms with Crippen molar-refractivity contribution in [2.45, 2.75) is 32.2 Å². The Morgan fingerprint density at radius 1 is 1.19 bits per heavy atom. The van der Waals surface area contributed by atoms with Crippen LogP contribution in [-0.4, -0.2) is 22.2 Å². The molecule has 1 aromatic carbocycles. The number of aromatic nitrogens is 2. The van der Waals surface area contributed by atoms with E-state index in [1.807, 2.05) is 41.2 Å². The molecule has 0 aliphatic heterocycles. The summed E-state index contributed by atoms with van der Waals surface area (Å²) in [7, 11) is 0. The third kappa shape index (κ3) is 5.39. The Bertz CT molecular complexity index is 534. The highest BCUT2D eigenvalue weighted by Gasteiger charge is 2.02. The average Bonchev–Trinajstić information content (AvgIpc) is 2.99. The Kier molecular flexibility index (Phi) is 5.97. The molecule has 0 atom stereocenters. The zero-order valence-corrected chi connectivity index (χ0v) is 12.2. The van der Waals surface area contributed by atoms with Crippen LogP contribution in [0.15, 0.2) is 42.7 Å². The number of amides is 1. The topological polar surface area (TPSA) is 72.9 Å². The summed E-state index contributed by atoms with van der Waals surface area (Å²) in [6, 6.07) is 9.77. The first-order chi connectivity index (χ1) is 10.3. The zero-order valence-electron chi connectivity index (χ0n) is 12.2. The molecule has 0 fully saturated rings. The fourth-order valence-corrected chi connectivity index (χ4v) is 2.10. The van der Waals surface area contributed by atoms with Gasteiger partial charge in [-0.15, -0.1) is 0 Å². The summed E-state index contributed by atoms with van der Waals surface area (Å²) in [6.45, 7) is 1.43. The lowest BCUT2D eigenvalue weighted by molar-refractivity contribution is -0.116. The Hall–Kier alpha value is -2.14. The van der Waals surface area contributed by atoms with Gasteiger partial charge in [-0.3, -0.25) is 9.48 Å². The highest BCUT2D eigenvalue weighted by Crippen LogP contribution is 2.11. The number of hydrogen-bond donors (Lipinski definition) is 2. The highest BCUT2D eigenvalue weighted by atomic mass is 16.1. The second kappa shape index (κ2) is 8.21. The van der Waals surface area contributed by atoms with Gasteiger partial charge in [0.2, 0.25) is 5.91 Å². The standard InChI is InChI=1S/C16H22N4O/c17-10-3-1-2-5-16(21)19-15-8-6-14(7-9-15)13-20-12-4-11-18-20/h4,6-9,11-12H,1-3,5,10,13,17H2,(H,19,21). The first-order valence-electron chi connectivity index (χ1n) is 7.34. The normalized spacial score (nSPS) is 10.5. The fourth-order valence-electron chi connectivity index (χ4n) is 2.10. The summed E-state index contributed by atoms with van der Waals surface area (Å²) in [5.41, 5.74) is 7.41. The van der Waals surface area contributed by atoms with Gasteiger partial charge in [-0.25, -0.2) is 0 Å². The number of benzene rings is 1. The van der Waals surface area contributed by atoms with Gasteiger partial charge in [0.15, 0.2) is 0 Å². The summed E-state index contributed by atoms with van der Waals surface area (Å²) in [5, 5.41) is 7.08. The van der Waals surface area contributed by atoms with Gasteiger partial charge in [0.05, 0.1) is 6.54 Å². The van der Waals surface area contributed by atoms with Crippen molar-refractivity contribution in [2.75, 3.05) is 11.9 Å². The van der Waals surface area contributed by atoms with E-state index in [1.54, 1.807) is 6.20 Å². The molecule has 5 heteroatoms. The molecule has 0 radical (unpaired) electrons. The summed E-state index contributed by atoms with van der Waals surface area (Å²) in [6.07, 6.45) is 7.12. The Balaban J connectivity index is 1.78. The average molecular weight is 286 g/mol. The number of rotatable bonds is 8. The van der Waals surface area contributed by atoms with E-state index in [2.05, 4.69) is 10.4 Å². The van der Waals surface area contributed by atoms with Crippen molar-refractivity contribution in [1.82, 2.24) is 9.78 Å². The predicted molar refractivity (Wildman–Crippen MR) is 83.9 cm³/mol. The van der Waals surface area contributed by atoms with E-state index >= 15 is 0 Å². The van der Waals surface area contributed by atoms with Gasteiger partial charge < -0.3 is 11.1 Å². The molecule has 112 valence electrons. The summed E-state index contributed by atoms with van der Waals surface area (Å²) >= 11 is 0. The van der Waals surface area contributed by atoms with E-state index in [0.29, 0.717) is 13.0 Å². The number of anilines is 1. The maximum absolute atomic E-state index is 11.8. The molecule has 3 N–H and O–H groups in total. The van der Waals surface area contributed by atoms with Gasteiger partial charge in [-0.2, -0.15) is 5.10 Å². The lowest BCUT2D eigenvalue weighted by Crippen LogP contribution is -2.11. The monoisotopic (exact) mass is 286 g/mol. The van der Waals surface area contributed by atoms with E-state index in [9.17, 15) is 4.79 Å². The number of nitrogens with one attached hydrogen (secondary N) is 1. The molecule has 1 aromatic heterocycles. The largest absolute Gasteiger partial charge is 0.330 e. The highest BCUT2D eigenvalue weighted by molar-refractivity contribution is 5.90. The van der Waals surface area contributed by atoms with Gasteiger partial charge in [0, 0.05) is 24.5 Å². The first kappa shape index (κ1) is 15.3. The van der Waals surface area contributed by atoms with Gasteiger partial charge >= 0.3 is 0 Å². The summed E-state index contributed by atoms with van der Waals surface area (Å²) in [5.74, 6) is 0.0619. The molecule has 21 heavy (non-hydrogen) atoms. The first-order valence-corrected chi connectivity index (χ1v) is 7.34. The number of carbonyl (C=O) groups excluding carboxylic acids is 1. The van der Waals surface area contributed by atoms with E-state index in [1.165, 1.54) is 0 Å². The van der Waals surface area contributed by atoms with Crippen molar-refractivity contribution in [3.63, 3.8) is 0 Å². The van der Waals surface area contributed by atoms with Crippen LogP contribution in [0.3, 0.4) is 0 Å². The van der Waals surface area contributed by atoms with Crippen molar-refractivity contribution in [2.24, 2.45) is 5.73 Å². The molecule has 0 bridgehead atoms. The maximum Gasteiger partial charge on any atom is 0.224 e. The van der Waals surface area contributed by atoms with Crippen molar-refractivity contribution >= 4 is 11.6 Å². The summed E-state index contributed by atoms with van der Waals surface area (Å²) in [4.78, 5) is 11.8. The second-order valence-electron chi connectivity index (χ2n) is 5.05. The van der Waals surface area contributed by atoms with E-state index < -0.39 is 0 Å². The third-order valence-electron chi connectivity index (χ3n) is 3.25. The lowest BCUT2D eigenvalue weighted by Gasteiger charge is -2.07. The molecule has 0 spiro atoms.